The third kappa shape index (κ3) is 3.28. The number of rotatable bonds is 2. The van der Waals surface area contributed by atoms with Gasteiger partial charge in [0.05, 0.1) is 29.0 Å². The Hall–Kier alpha value is -2.19. The Kier molecular flexibility index (Phi) is 4.19. The number of fused-ring (bicyclic) bond motifs is 1. The highest BCUT2D eigenvalue weighted by molar-refractivity contribution is 7.28. The van der Waals surface area contributed by atoms with E-state index in [1.165, 1.54) is 28.6 Å². The van der Waals surface area contributed by atoms with Crippen LogP contribution >= 0.6 is 22.9 Å². The molecule has 2 aromatic rings. The molecule has 0 radical (unpaired) electrons. The molecule has 120 valence electrons. The molecular formula is C14H13BClNO5S. The third-order valence-electron chi connectivity index (χ3n) is 3.10. The molecular weight excluding hydrogens is 340 g/mol. The Morgan fingerprint density at radius 1 is 1.17 bits per heavy atom. The number of hydrogen-bond acceptors (Lipinski definition) is 7. The lowest BCUT2D eigenvalue weighted by atomic mass is 9.87. The standard InChI is InChI=1S/C14H13BClNO5S/c1-17-6-12(18)21-15(22-13(19)7-17)11-4-8-3-9(16)5-10(20-2)14(8)23-11/h3-7,18-19H,1-2H3/b12-6-,13-7-. The van der Waals surface area contributed by atoms with Gasteiger partial charge in [0.25, 0.3) is 11.9 Å². The first-order valence-electron chi connectivity index (χ1n) is 6.60. The summed E-state index contributed by atoms with van der Waals surface area (Å²) in [6, 6.07) is 5.32. The molecule has 23 heavy (non-hydrogen) atoms. The Morgan fingerprint density at radius 2 is 1.83 bits per heavy atom. The van der Waals surface area contributed by atoms with Crippen LogP contribution < -0.4 is 9.51 Å². The maximum atomic E-state index is 9.79. The van der Waals surface area contributed by atoms with E-state index in [1.807, 2.05) is 6.07 Å². The van der Waals surface area contributed by atoms with Gasteiger partial charge in [-0.25, -0.2) is 0 Å². The van der Waals surface area contributed by atoms with Crippen LogP contribution in [0.25, 0.3) is 10.1 Å². The van der Waals surface area contributed by atoms with Crippen LogP contribution in [0.3, 0.4) is 0 Å². The fourth-order valence-electron chi connectivity index (χ4n) is 2.18. The Labute approximate surface area is 141 Å². The highest BCUT2D eigenvalue weighted by atomic mass is 35.5. The van der Waals surface area contributed by atoms with Crippen molar-refractivity contribution in [2.45, 2.75) is 0 Å². The summed E-state index contributed by atoms with van der Waals surface area (Å²) in [4.78, 5) is 1.41. The van der Waals surface area contributed by atoms with Gasteiger partial charge in [-0.1, -0.05) is 11.6 Å². The summed E-state index contributed by atoms with van der Waals surface area (Å²) in [6.07, 6.45) is 2.63. The number of aliphatic hydroxyl groups is 2. The van der Waals surface area contributed by atoms with Crippen LogP contribution in [0.4, 0.5) is 0 Å². The molecule has 1 aliphatic rings. The summed E-state index contributed by atoms with van der Waals surface area (Å²) in [5, 5.41) is 21.0. The minimum absolute atomic E-state index is 0.330. The number of methoxy groups -OCH3 is 1. The Bertz CT molecular complexity index is 784. The number of halogens is 1. The maximum Gasteiger partial charge on any atom is 0.647 e. The lowest BCUT2D eigenvalue weighted by molar-refractivity contribution is 0.125. The molecule has 0 atom stereocenters. The Morgan fingerprint density at radius 3 is 2.43 bits per heavy atom. The number of aliphatic hydroxyl groups excluding tert-OH is 2. The second-order valence-corrected chi connectivity index (χ2v) is 6.36. The van der Waals surface area contributed by atoms with Gasteiger partial charge in [0.2, 0.25) is 0 Å². The highest BCUT2D eigenvalue weighted by Crippen LogP contribution is 2.33. The number of benzene rings is 1. The van der Waals surface area contributed by atoms with Crippen molar-refractivity contribution in [3.8, 4) is 5.75 Å². The smallest absolute Gasteiger partial charge is 0.495 e. The van der Waals surface area contributed by atoms with Gasteiger partial charge in [0.1, 0.15) is 5.75 Å². The van der Waals surface area contributed by atoms with Crippen molar-refractivity contribution in [2.24, 2.45) is 0 Å². The summed E-state index contributed by atoms with van der Waals surface area (Å²) in [5.41, 5.74) is 0. The average Bonchev–Trinajstić information content (AvgIpc) is 2.87. The lowest BCUT2D eigenvalue weighted by Crippen LogP contribution is -2.36. The molecule has 0 saturated heterocycles. The third-order valence-corrected chi connectivity index (χ3v) is 4.51. The molecule has 0 amide bonds. The topological polar surface area (TPSA) is 71.4 Å². The fraction of sp³-hybridized carbons (Fsp3) is 0.143. The molecule has 3 rings (SSSR count). The molecule has 0 fully saturated rings. The van der Waals surface area contributed by atoms with Crippen molar-refractivity contribution < 1.29 is 24.3 Å². The van der Waals surface area contributed by atoms with Gasteiger partial charge in [-0.05, 0) is 17.5 Å². The van der Waals surface area contributed by atoms with E-state index in [4.69, 9.17) is 25.6 Å². The van der Waals surface area contributed by atoms with Crippen molar-refractivity contribution >= 4 is 44.9 Å². The summed E-state index contributed by atoms with van der Waals surface area (Å²) in [6.45, 7) is 0. The predicted molar refractivity (Wildman–Crippen MR) is 90.1 cm³/mol. The zero-order valence-electron chi connectivity index (χ0n) is 12.3. The molecule has 0 saturated carbocycles. The van der Waals surface area contributed by atoms with Crippen LogP contribution in [-0.2, 0) is 9.31 Å². The van der Waals surface area contributed by atoms with Crippen LogP contribution in [0.2, 0.25) is 5.02 Å². The van der Waals surface area contributed by atoms with Gasteiger partial charge in [-0.2, -0.15) is 0 Å². The number of ether oxygens (including phenoxy) is 1. The van der Waals surface area contributed by atoms with E-state index in [2.05, 4.69) is 0 Å². The predicted octanol–water partition coefficient (Wildman–Crippen LogP) is 2.95. The van der Waals surface area contributed by atoms with E-state index in [0.717, 1.165) is 10.1 Å². The summed E-state index contributed by atoms with van der Waals surface area (Å²) in [5.74, 6) is -0.0266. The second-order valence-electron chi connectivity index (χ2n) is 4.84. The van der Waals surface area contributed by atoms with E-state index in [0.29, 0.717) is 15.5 Å². The molecule has 1 aromatic heterocycles. The lowest BCUT2D eigenvalue weighted by Gasteiger charge is -2.19. The van der Waals surface area contributed by atoms with Crippen molar-refractivity contribution in [1.82, 2.24) is 4.90 Å². The van der Waals surface area contributed by atoms with Crippen LogP contribution in [0.15, 0.2) is 42.5 Å². The van der Waals surface area contributed by atoms with E-state index in [9.17, 15) is 10.2 Å². The SMILES string of the molecule is COc1cc(Cl)cc2cc(B3O/C(O)=C\N(C)/C=C(/O)O3)sc12. The summed E-state index contributed by atoms with van der Waals surface area (Å²) < 4.78 is 17.5. The van der Waals surface area contributed by atoms with Crippen molar-refractivity contribution in [2.75, 3.05) is 14.2 Å². The van der Waals surface area contributed by atoms with Gasteiger partial charge in [-0.15, -0.1) is 11.3 Å². The van der Waals surface area contributed by atoms with Crippen LogP contribution in [0.1, 0.15) is 0 Å². The minimum Gasteiger partial charge on any atom is -0.495 e. The first-order chi connectivity index (χ1) is 11.0. The Balaban J connectivity index is 2.02. The van der Waals surface area contributed by atoms with Gasteiger partial charge in [0.15, 0.2) is 0 Å². The van der Waals surface area contributed by atoms with Crippen molar-refractivity contribution in [1.29, 1.82) is 0 Å². The second kappa shape index (κ2) is 6.13. The highest BCUT2D eigenvalue weighted by Gasteiger charge is 2.32. The zero-order valence-corrected chi connectivity index (χ0v) is 13.9. The first kappa shape index (κ1) is 15.7. The van der Waals surface area contributed by atoms with Crippen LogP contribution in [-0.4, -0.2) is 36.4 Å². The molecule has 0 aliphatic carbocycles. The number of thiophene rings is 1. The minimum atomic E-state index is -0.989. The molecule has 6 nitrogen and oxygen atoms in total. The summed E-state index contributed by atoms with van der Waals surface area (Å²) >= 11 is 7.43. The van der Waals surface area contributed by atoms with Crippen LogP contribution in [0, 0.1) is 0 Å². The fourth-order valence-corrected chi connectivity index (χ4v) is 3.49. The number of nitrogens with zero attached hydrogens (tertiary/aromatic N) is 1. The molecule has 9 heteroatoms. The quantitative estimate of drug-likeness (QED) is 0.809. The van der Waals surface area contributed by atoms with Crippen molar-refractivity contribution in [3.05, 3.63) is 47.5 Å². The average molecular weight is 354 g/mol. The molecule has 2 N–H and O–H groups in total. The normalized spacial score (nSPS) is 19.8. The van der Waals surface area contributed by atoms with Gasteiger partial charge >= 0.3 is 7.12 Å². The molecule has 2 heterocycles. The largest absolute Gasteiger partial charge is 0.647 e. The first-order valence-corrected chi connectivity index (χ1v) is 7.79. The maximum absolute atomic E-state index is 9.79. The van der Waals surface area contributed by atoms with E-state index in [-0.39, 0.29) is 11.9 Å². The van der Waals surface area contributed by atoms with Crippen LogP contribution in [0.5, 0.6) is 5.75 Å². The van der Waals surface area contributed by atoms with Gasteiger partial charge in [0, 0.05) is 18.1 Å². The molecule has 0 bridgehead atoms. The monoisotopic (exact) mass is 353 g/mol. The van der Waals surface area contributed by atoms with E-state index < -0.39 is 7.12 Å². The van der Waals surface area contributed by atoms with Crippen molar-refractivity contribution in [3.63, 3.8) is 0 Å². The zero-order chi connectivity index (χ0) is 16.6. The summed E-state index contributed by atoms with van der Waals surface area (Å²) in [7, 11) is 2.19. The van der Waals surface area contributed by atoms with E-state index in [1.54, 1.807) is 26.3 Å². The molecule has 1 aliphatic heterocycles. The number of hydrogen-bond donors (Lipinski definition) is 2. The van der Waals surface area contributed by atoms with Gasteiger partial charge < -0.3 is 29.2 Å². The molecule has 0 spiro atoms. The molecule has 0 unspecified atom stereocenters. The van der Waals surface area contributed by atoms with E-state index >= 15 is 0 Å². The molecule has 1 aromatic carbocycles. The van der Waals surface area contributed by atoms with Gasteiger partial charge in [-0.3, -0.25) is 0 Å².